The summed E-state index contributed by atoms with van der Waals surface area (Å²) in [5.74, 6) is -0.728. The first kappa shape index (κ1) is 18.1. The molecule has 5 nitrogen and oxygen atoms in total. The molecule has 0 atom stereocenters. The molecule has 4 aromatic rings. The highest BCUT2D eigenvalue weighted by Crippen LogP contribution is 2.26. The molecule has 0 aliphatic carbocycles. The molecule has 0 saturated heterocycles. The van der Waals surface area contributed by atoms with Gasteiger partial charge in [0, 0.05) is 12.3 Å². The summed E-state index contributed by atoms with van der Waals surface area (Å²) in [7, 11) is 0. The van der Waals surface area contributed by atoms with E-state index in [2.05, 4.69) is 10.3 Å². The van der Waals surface area contributed by atoms with Crippen LogP contribution in [0.5, 0.6) is 0 Å². The van der Waals surface area contributed by atoms with Gasteiger partial charge in [-0.05, 0) is 48.4 Å². The lowest BCUT2D eigenvalue weighted by atomic mass is 10.2. The smallest absolute Gasteiger partial charge is 0.258 e. The standard InChI is InChI=1S/C21H16FN3O2S/c1-13-5-7-17-18(9-13)28-21(23-17)24-20(27)15-6-8-19(26)25(12-15)11-14-3-2-4-16(22)10-14/h2-10,12H,11H2,1H3,(H,23,24,27). The molecule has 0 saturated carbocycles. The monoisotopic (exact) mass is 393 g/mol. The number of benzene rings is 2. The number of fused-ring (bicyclic) bond motifs is 1. The molecule has 0 radical (unpaired) electrons. The maximum atomic E-state index is 13.4. The second-order valence-corrected chi connectivity index (χ2v) is 7.49. The molecule has 28 heavy (non-hydrogen) atoms. The van der Waals surface area contributed by atoms with Crippen molar-refractivity contribution in [2.45, 2.75) is 13.5 Å². The first-order chi connectivity index (χ1) is 13.5. The van der Waals surface area contributed by atoms with Gasteiger partial charge < -0.3 is 4.57 Å². The van der Waals surface area contributed by atoms with Crippen LogP contribution < -0.4 is 10.9 Å². The van der Waals surface area contributed by atoms with Crippen molar-refractivity contribution in [1.82, 2.24) is 9.55 Å². The average molecular weight is 393 g/mol. The fourth-order valence-corrected chi connectivity index (χ4v) is 3.83. The molecule has 2 heterocycles. The molecular formula is C21H16FN3O2S. The predicted octanol–water partition coefficient (Wildman–Crippen LogP) is 4.21. The van der Waals surface area contributed by atoms with Gasteiger partial charge in [-0.25, -0.2) is 9.37 Å². The zero-order chi connectivity index (χ0) is 19.7. The molecule has 0 unspecified atom stereocenters. The van der Waals surface area contributed by atoms with Gasteiger partial charge in [-0.1, -0.05) is 29.5 Å². The van der Waals surface area contributed by atoms with Gasteiger partial charge in [-0.2, -0.15) is 0 Å². The number of pyridine rings is 1. The minimum Gasteiger partial charge on any atom is -0.310 e. The Morgan fingerprint density at radius 1 is 1.18 bits per heavy atom. The van der Waals surface area contributed by atoms with Crippen molar-refractivity contribution in [2.24, 2.45) is 0 Å². The van der Waals surface area contributed by atoms with Crippen LogP contribution in [0.2, 0.25) is 0 Å². The van der Waals surface area contributed by atoms with Gasteiger partial charge >= 0.3 is 0 Å². The number of hydrogen-bond acceptors (Lipinski definition) is 4. The lowest BCUT2D eigenvalue weighted by molar-refractivity contribution is 0.102. The van der Waals surface area contributed by atoms with Crippen LogP contribution in [-0.2, 0) is 6.54 Å². The van der Waals surface area contributed by atoms with Crippen LogP contribution in [0.1, 0.15) is 21.5 Å². The second-order valence-electron chi connectivity index (χ2n) is 6.46. The van der Waals surface area contributed by atoms with Gasteiger partial charge in [0.05, 0.1) is 22.3 Å². The number of carbonyl (C=O) groups is 1. The maximum absolute atomic E-state index is 13.4. The van der Waals surface area contributed by atoms with Crippen molar-refractivity contribution in [3.8, 4) is 0 Å². The van der Waals surface area contributed by atoms with Crippen LogP contribution in [0.4, 0.5) is 9.52 Å². The predicted molar refractivity (Wildman–Crippen MR) is 109 cm³/mol. The molecule has 0 aliphatic rings. The summed E-state index contributed by atoms with van der Waals surface area (Å²) in [6.45, 7) is 2.18. The Balaban J connectivity index is 1.57. The number of halogens is 1. The molecule has 4 rings (SSSR count). The first-order valence-corrected chi connectivity index (χ1v) is 9.43. The lowest BCUT2D eigenvalue weighted by Crippen LogP contribution is -2.22. The van der Waals surface area contributed by atoms with E-state index in [0.29, 0.717) is 16.3 Å². The largest absolute Gasteiger partial charge is 0.310 e. The number of aromatic nitrogens is 2. The second kappa shape index (κ2) is 7.36. The number of carbonyl (C=O) groups excluding carboxylic acids is 1. The van der Waals surface area contributed by atoms with Crippen LogP contribution >= 0.6 is 11.3 Å². The van der Waals surface area contributed by atoms with Crippen molar-refractivity contribution in [1.29, 1.82) is 0 Å². The van der Waals surface area contributed by atoms with Gasteiger partial charge in [0.25, 0.3) is 11.5 Å². The molecule has 7 heteroatoms. The topological polar surface area (TPSA) is 64.0 Å². The molecule has 0 bridgehead atoms. The van der Waals surface area contributed by atoms with Crippen LogP contribution in [0.25, 0.3) is 10.2 Å². The number of amides is 1. The highest BCUT2D eigenvalue weighted by Gasteiger charge is 2.12. The van der Waals surface area contributed by atoms with Crippen LogP contribution in [0.15, 0.2) is 65.6 Å². The van der Waals surface area contributed by atoms with E-state index in [1.165, 1.54) is 46.4 Å². The molecular weight excluding hydrogens is 377 g/mol. The summed E-state index contributed by atoms with van der Waals surface area (Å²) >= 11 is 1.39. The molecule has 2 aromatic heterocycles. The Labute approximate surface area is 164 Å². The van der Waals surface area contributed by atoms with Crippen LogP contribution in [-0.4, -0.2) is 15.5 Å². The minimum atomic E-state index is -0.370. The summed E-state index contributed by atoms with van der Waals surface area (Å²) < 4.78 is 15.7. The summed E-state index contributed by atoms with van der Waals surface area (Å²) in [4.78, 5) is 29.1. The molecule has 1 amide bonds. The third-order valence-corrected chi connectivity index (χ3v) is 5.19. The number of nitrogens with zero attached hydrogens (tertiary/aromatic N) is 2. The lowest BCUT2D eigenvalue weighted by Gasteiger charge is -2.08. The van der Waals surface area contributed by atoms with Gasteiger partial charge in [0.2, 0.25) is 0 Å². The normalized spacial score (nSPS) is 10.9. The zero-order valence-electron chi connectivity index (χ0n) is 15.0. The van der Waals surface area contributed by atoms with E-state index in [-0.39, 0.29) is 23.8 Å². The Kier molecular flexibility index (Phi) is 4.75. The van der Waals surface area contributed by atoms with E-state index in [9.17, 15) is 14.0 Å². The number of hydrogen-bond donors (Lipinski definition) is 1. The number of nitrogens with one attached hydrogen (secondary N) is 1. The Morgan fingerprint density at radius 3 is 2.86 bits per heavy atom. The van der Waals surface area contributed by atoms with E-state index in [4.69, 9.17) is 0 Å². The minimum absolute atomic E-state index is 0.179. The molecule has 0 fully saturated rings. The van der Waals surface area contributed by atoms with Crippen LogP contribution in [0, 0.1) is 12.7 Å². The Hall–Kier alpha value is -3.32. The molecule has 0 spiro atoms. The number of aryl methyl sites for hydroxylation is 1. The maximum Gasteiger partial charge on any atom is 0.258 e. The van der Waals surface area contributed by atoms with Crippen molar-refractivity contribution in [3.63, 3.8) is 0 Å². The SMILES string of the molecule is Cc1ccc2nc(NC(=O)c3ccc(=O)n(Cc4cccc(F)c4)c3)sc2c1. The Bertz CT molecular complexity index is 1250. The van der Waals surface area contributed by atoms with Gasteiger partial charge in [0.15, 0.2) is 5.13 Å². The Morgan fingerprint density at radius 2 is 2.04 bits per heavy atom. The quantitative estimate of drug-likeness (QED) is 0.565. The molecule has 0 aliphatic heterocycles. The van der Waals surface area contributed by atoms with E-state index in [1.807, 2.05) is 25.1 Å². The average Bonchev–Trinajstić information content (AvgIpc) is 3.04. The number of anilines is 1. The summed E-state index contributed by atoms with van der Waals surface area (Å²) in [5, 5.41) is 3.27. The van der Waals surface area contributed by atoms with Crippen molar-refractivity contribution in [2.75, 3.05) is 5.32 Å². The van der Waals surface area contributed by atoms with E-state index in [1.54, 1.807) is 12.1 Å². The molecule has 1 N–H and O–H groups in total. The van der Waals surface area contributed by atoms with Gasteiger partial charge in [-0.15, -0.1) is 0 Å². The van der Waals surface area contributed by atoms with Crippen LogP contribution in [0.3, 0.4) is 0 Å². The highest BCUT2D eigenvalue weighted by atomic mass is 32.1. The van der Waals surface area contributed by atoms with E-state index in [0.717, 1.165) is 15.8 Å². The fraction of sp³-hybridized carbons (Fsp3) is 0.0952. The summed E-state index contributed by atoms with van der Waals surface area (Å²) in [6.07, 6.45) is 1.47. The van der Waals surface area contributed by atoms with Gasteiger partial charge in [-0.3, -0.25) is 14.9 Å². The third-order valence-electron chi connectivity index (χ3n) is 4.25. The van der Waals surface area contributed by atoms with Crippen molar-refractivity contribution < 1.29 is 9.18 Å². The fourth-order valence-electron chi connectivity index (χ4n) is 2.88. The third kappa shape index (κ3) is 3.84. The van der Waals surface area contributed by atoms with Gasteiger partial charge in [0.1, 0.15) is 5.82 Å². The summed E-state index contributed by atoms with van der Waals surface area (Å²) in [6, 6.07) is 14.7. The van der Waals surface area contributed by atoms with Crippen molar-refractivity contribution >= 4 is 32.6 Å². The van der Waals surface area contributed by atoms with E-state index < -0.39 is 0 Å². The van der Waals surface area contributed by atoms with Crippen molar-refractivity contribution in [3.05, 3.63) is 93.7 Å². The molecule has 2 aromatic carbocycles. The first-order valence-electron chi connectivity index (χ1n) is 8.61. The number of thiazole rings is 1. The highest BCUT2D eigenvalue weighted by molar-refractivity contribution is 7.22. The zero-order valence-corrected chi connectivity index (χ0v) is 15.8. The molecule has 140 valence electrons. The number of rotatable bonds is 4. The summed E-state index contributed by atoms with van der Waals surface area (Å²) in [5.41, 5.74) is 2.64. The van der Waals surface area contributed by atoms with E-state index >= 15 is 0 Å².